The maximum absolute atomic E-state index is 13.3. The molecule has 4 rings (SSSR count). The van der Waals surface area contributed by atoms with E-state index < -0.39 is 0 Å². The van der Waals surface area contributed by atoms with Crippen molar-refractivity contribution in [3.05, 3.63) is 88.6 Å². The number of hydrogen-bond donors (Lipinski definition) is 0. The van der Waals surface area contributed by atoms with Crippen molar-refractivity contribution in [2.75, 3.05) is 11.9 Å². The molecule has 0 radical (unpaired) electrons. The number of benzene rings is 2. The molecule has 0 aliphatic rings. The highest BCUT2D eigenvalue weighted by molar-refractivity contribution is 7.13. The van der Waals surface area contributed by atoms with Crippen molar-refractivity contribution in [1.82, 2.24) is 14.8 Å². The van der Waals surface area contributed by atoms with Crippen LogP contribution in [0.1, 0.15) is 27.0 Å². The van der Waals surface area contributed by atoms with Crippen molar-refractivity contribution in [1.29, 1.82) is 0 Å². The van der Waals surface area contributed by atoms with Crippen molar-refractivity contribution >= 4 is 22.4 Å². The molecule has 0 saturated heterocycles. The average molecular weight is 403 g/mol. The third kappa shape index (κ3) is 3.98. The third-order valence-corrected chi connectivity index (χ3v) is 5.82. The highest BCUT2D eigenvalue weighted by atomic mass is 32.1. The van der Waals surface area contributed by atoms with Crippen LogP contribution in [0.3, 0.4) is 0 Å². The molecule has 0 spiro atoms. The summed E-state index contributed by atoms with van der Waals surface area (Å²) < 4.78 is 1.84. The van der Waals surface area contributed by atoms with Crippen molar-refractivity contribution in [3.8, 4) is 11.3 Å². The molecule has 0 N–H and O–H groups in total. The van der Waals surface area contributed by atoms with Gasteiger partial charge in [0.05, 0.1) is 12.1 Å². The van der Waals surface area contributed by atoms with E-state index >= 15 is 0 Å². The molecule has 0 atom stereocenters. The number of amides is 1. The summed E-state index contributed by atoms with van der Waals surface area (Å²) in [6.07, 6.45) is 3.54. The summed E-state index contributed by atoms with van der Waals surface area (Å²) in [6.45, 7) is 4.76. The fraction of sp³-hybridized carbons (Fsp3) is 0.174. The van der Waals surface area contributed by atoms with Crippen molar-refractivity contribution in [2.24, 2.45) is 0 Å². The van der Waals surface area contributed by atoms with Crippen LogP contribution in [0.15, 0.2) is 66.3 Å². The molecule has 29 heavy (non-hydrogen) atoms. The van der Waals surface area contributed by atoms with E-state index in [1.807, 2.05) is 40.5 Å². The van der Waals surface area contributed by atoms with E-state index in [1.54, 1.807) is 18.1 Å². The van der Waals surface area contributed by atoms with Crippen LogP contribution in [0.4, 0.5) is 5.13 Å². The van der Waals surface area contributed by atoms with Crippen LogP contribution in [-0.4, -0.2) is 27.7 Å². The van der Waals surface area contributed by atoms with Crippen LogP contribution in [0.25, 0.3) is 11.3 Å². The van der Waals surface area contributed by atoms with Gasteiger partial charge in [0.25, 0.3) is 5.91 Å². The summed E-state index contributed by atoms with van der Waals surface area (Å²) in [5.41, 5.74) is 5.72. The minimum Gasteiger partial charge on any atom is -0.287 e. The first-order valence-corrected chi connectivity index (χ1v) is 10.3. The summed E-state index contributed by atoms with van der Waals surface area (Å²) in [6, 6.07) is 16.3. The van der Waals surface area contributed by atoms with Crippen LogP contribution in [0, 0.1) is 13.8 Å². The summed E-state index contributed by atoms with van der Waals surface area (Å²) in [4.78, 5) is 19.1. The van der Waals surface area contributed by atoms with Crippen LogP contribution in [-0.2, 0) is 6.54 Å². The second-order valence-corrected chi connectivity index (χ2v) is 7.93. The van der Waals surface area contributed by atoms with Crippen molar-refractivity contribution < 1.29 is 4.79 Å². The highest BCUT2D eigenvalue weighted by Crippen LogP contribution is 2.27. The minimum atomic E-state index is -0.118. The Hall–Kier alpha value is -3.25. The zero-order valence-corrected chi connectivity index (χ0v) is 17.5. The van der Waals surface area contributed by atoms with E-state index in [0.717, 1.165) is 11.1 Å². The molecular formula is C23H22N4OS. The minimum absolute atomic E-state index is 0.118. The van der Waals surface area contributed by atoms with Gasteiger partial charge < -0.3 is 0 Å². The number of carbonyl (C=O) groups is 1. The number of rotatable bonds is 5. The van der Waals surface area contributed by atoms with Crippen LogP contribution >= 0.6 is 11.3 Å². The lowest BCUT2D eigenvalue weighted by atomic mass is 10.0. The molecule has 0 saturated carbocycles. The largest absolute Gasteiger partial charge is 0.287 e. The molecule has 146 valence electrons. The Balaban J connectivity index is 1.76. The smallest absolute Gasteiger partial charge is 0.263 e. The first kappa shape index (κ1) is 19.1. The molecule has 5 nitrogen and oxygen atoms in total. The number of thiazole rings is 1. The maximum atomic E-state index is 13.3. The molecule has 0 aliphatic carbocycles. The molecule has 0 bridgehead atoms. The van der Waals surface area contributed by atoms with Crippen molar-refractivity contribution in [3.63, 3.8) is 0 Å². The first-order valence-electron chi connectivity index (χ1n) is 9.39. The van der Waals surface area contributed by atoms with Crippen LogP contribution in [0.5, 0.6) is 0 Å². The van der Waals surface area contributed by atoms with E-state index in [2.05, 4.69) is 43.1 Å². The Morgan fingerprint density at radius 3 is 2.59 bits per heavy atom. The number of aryl methyl sites for hydroxylation is 2. The van der Waals surface area contributed by atoms with E-state index in [-0.39, 0.29) is 5.91 Å². The lowest BCUT2D eigenvalue weighted by molar-refractivity contribution is 0.0993. The van der Waals surface area contributed by atoms with Gasteiger partial charge >= 0.3 is 0 Å². The number of aromatic nitrogens is 3. The highest BCUT2D eigenvalue weighted by Gasteiger charge is 2.23. The fourth-order valence-corrected chi connectivity index (χ4v) is 3.79. The first-order chi connectivity index (χ1) is 14.0. The molecular weight excluding hydrogens is 380 g/mol. The second-order valence-electron chi connectivity index (χ2n) is 7.05. The summed E-state index contributed by atoms with van der Waals surface area (Å²) >= 11 is 1.44. The van der Waals surface area contributed by atoms with Crippen LogP contribution in [0.2, 0.25) is 0 Å². The maximum Gasteiger partial charge on any atom is 0.263 e. The number of hydrogen-bond acceptors (Lipinski definition) is 4. The SMILES string of the molecule is Cc1ccc(-c2nn(Cc3ccccc3)cc2C(=O)N(C)c2nccs2)cc1C. The number of nitrogens with zero attached hydrogens (tertiary/aromatic N) is 4. The normalized spacial score (nSPS) is 10.9. The topological polar surface area (TPSA) is 51.0 Å². The van der Waals surface area contributed by atoms with Gasteiger partial charge in [0, 0.05) is 30.4 Å². The summed E-state index contributed by atoms with van der Waals surface area (Å²) in [5, 5.41) is 7.31. The lowest BCUT2D eigenvalue weighted by Crippen LogP contribution is -2.26. The third-order valence-electron chi connectivity index (χ3n) is 4.97. The van der Waals surface area contributed by atoms with Gasteiger partial charge in [0.2, 0.25) is 0 Å². The van der Waals surface area contributed by atoms with Crippen LogP contribution < -0.4 is 4.90 Å². The Labute approximate surface area is 174 Å². The van der Waals surface area contributed by atoms with Gasteiger partial charge in [-0.15, -0.1) is 11.3 Å². The van der Waals surface area contributed by atoms with E-state index in [4.69, 9.17) is 5.10 Å². The molecule has 6 heteroatoms. The van der Waals surface area contributed by atoms with Gasteiger partial charge in [-0.3, -0.25) is 14.4 Å². The quantitative estimate of drug-likeness (QED) is 0.475. The van der Waals surface area contributed by atoms with E-state index in [9.17, 15) is 4.79 Å². The Morgan fingerprint density at radius 1 is 1.10 bits per heavy atom. The van der Waals surface area contributed by atoms with Gasteiger partial charge in [0.15, 0.2) is 5.13 Å². The number of anilines is 1. The average Bonchev–Trinajstić information content (AvgIpc) is 3.40. The second kappa shape index (κ2) is 8.01. The summed E-state index contributed by atoms with van der Waals surface area (Å²) in [5.74, 6) is -0.118. The molecule has 2 aromatic heterocycles. The molecule has 2 heterocycles. The summed E-state index contributed by atoms with van der Waals surface area (Å²) in [7, 11) is 1.75. The van der Waals surface area contributed by atoms with Gasteiger partial charge in [0.1, 0.15) is 5.69 Å². The molecule has 1 amide bonds. The Kier molecular flexibility index (Phi) is 5.27. The van der Waals surface area contributed by atoms with E-state index in [0.29, 0.717) is 22.9 Å². The van der Waals surface area contributed by atoms with E-state index in [1.165, 1.54) is 22.5 Å². The van der Waals surface area contributed by atoms with Gasteiger partial charge in [-0.1, -0.05) is 42.5 Å². The zero-order valence-electron chi connectivity index (χ0n) is 16.7. The lowest BCUT2D eigenvalue weighted by Gasteiger charge is -2.13. The predicted octanol–water partition coefficient (Wildman–Crippen LogP) is 4.95. The Bertz CT molecular complexity index is 1130. The monoisotopic (exact) mass is 402 g/mol. The molecule has 2 aromatic carbocycles. The Morgan fingerprint density at radius 2 is 1.90 bits per heavy atom. The molecule has 0 unspecified atom stereocenters. The number of carbonyl (C=O) groups excluding carboxylic acids is 1. The van der Waals surface area contributed by atoms with Gasteiger partial charge in [-0.2, -0.15) is 5.10 Å². The standard InChI is InChI=1S/C23H22N4OS/c1-16-9-10-19(13-17(16)2)21-20(22(28)26(3)23-24-11-12-29-23)15-27(25-21)14-18-7-5-4-6-8-18/h4-13,15H,14H2,1-3H3. The predicted molar refractivity (Wildman–Crippen MR) is 118 cm³/mol. The van der Waals surface area contributed by atoms with Gasteiger partial charge in [-0.25, -0.2) is 4.98 Å². The molecule has 0 aliphatic heterocycles. The zero-order chi connectivity index (χ0) is 20.4. The van der Waals surface area contributed by atoms with Gasteiger partial charge in [-0.05, 0) is 36.6 Å². The van der Waals surface area contributed by atoms with Crippen molar-refractivity contribution in [2.45, 2.75) is 20.4 Å². The molecule has 0 fully saturated rings. The molecule has 4 aromatic rings. The fourth-order valence-electron chi connectivity index (χ4n) is 3.18.